The number of methoxy groups -OCH3 is 1. The lowest BCUT2D eigenvalue weighted by Crippen LogP contribution is -2.42. The summed E-state index contributed by atoms with van der Waals surface area (Å²) < 4.78 is 4.74. The van der Waals surface area contributed by atoms with E-state index in [1.807, 2.05) is 30.3 Å². The van der Waals surface area contributed by atoms with Crippen molar-refractivity contribution >= 4 is 11.9 Å². The third kappa shape index (κ3) is 3.17. The molecule has 1 aromatic rings. The molecule has 1 aliphatic heterocycles. The number of hydrogen-bond acceptors (Lipinski definition) is 4. The Hall–Kier alpha value is -1.88. The van der Waals surface area contributed by atoms with Gasteiger partial charge in [0.25, 0.3) is 0 Å². The van der Waals surface area contributed by atoms with Gasteiger partial charge in [-0.1, -0.05) is 30.3 Å². The molecule has 1 aromatic carbocycles. The van der Waals surface area contributed by atoms with Gasteiger partial charge in [0, 0.05) is 19.0 Å². The fourth-order valence-corrected chi connectivity index (χ4v) is 2.57. The maximum Gasteiger partial charge on any atom is 0.328 e. The summed E-state index contributed by atoms with van der Waals surface area (Å²) in [6, 6.07) is 8.71. The van der Waals surface area contributed by atoms with Crippen molar-refractivity contribution in [2.45, 2.75) is 31.3 Å². The summed E-state index contributed by atoms with van der Waals surface area (Å²) in [4.78, 5) is 25.5. The van der Waals surface area contributed by atoms with Gasteiger partial charge in [0.1, 0.15) is 6.04 Å². The molecule has 5 nitrogen and oxygen atoms in total. The third-order valence-corrected chi connectivity index (χ3v) is 3.67. The highest BCUT2D eigenvalue weighted by Crippen LogP contribution is 2.22. The molecule has 0 aliphatic carbocycles. The molecule has 2 rings (SSSR count). The van der Waals surface area contributed by atoms with E-state index in [1.165, 1.54) is 7.11 Å². The van der Waals surface area contributed by atoms with E-state index in [2.05, 4.69) is 0 Å². The number of esters is 1. The second-order valence-electron chi connectivity index (χ2n) is 4.99. The van der Waals surface area contributed by atoms with E-state index in [-0.39, 0.29) is 24.3 Å². The van der Waals surface area contributed by atoms with Crippen LogP contribution in [-0.2, 0) is 14.3 Å². The van der Waals surface area contributed by atoms with Gasteiger partial charge in [-0.15, -0.1) is 0 Å². The molecule has 108 valence electrons. The molecule has 1 saturated heterocycles. The van der Waals surface area contributed by atoms with Gasteiger partial charge < -0.3 is 15.4 Å². The number of nitrogens with two attached hydrogens (primary N) is 1. The first-order valence-corrected chi connectivity index (χ1v) is 6.81. The fraction of sp³-hybridized carbons (Fsp3) is 0.467. The van der Waals surface area contributed by atoms with Crippen molar-refractivity contribution in [3.05, 3.63) is 35.9 Å². The number of ether oxygens (including phenoxy) is 1. The van der Waals surface area contributed by atoms with E-state index in [1.54, 1.807) is 4.90 Å². The average molecular weight is 276 g/mol. The lowest BCUT2D eigenvalue weighted by atomic mass is 10.0. The zero-order valence-corrected chi connectivity index (χ0v) is 11.6. The molecule has 1 heterocycles. The minimum absolute atomic E-state index is 0.0887. The van der Waals surface area contributed by atoms with Crippen molar-refractivity contribution < 1.29 is 14.3 Å². The Morgan fingerprint density at radius 3 is 2.75 bits per heavy atom. The SMILES string of the molecule is COC(=O)C1CCCN1C(=O)CC(N)c1ccccc1. The number of amides is 1. The van der Waals surface area contributed by atoms with Gasteiger partial charge in [0.05, 0.1) is 7.11 Å². The van der Waals surface area contributed by atoms with Gasteiger partial charge in [0.15, 0.2) is 0 Å². The van der Waals surface area contributed by atoms with Crippen LogP contribution >= 0.6 is 0 Å². The molecular weight excluding hydrogens is 256 g/mol. The summed E-state index contributed by atoms with van der Waals surface area (Å²) in [5.74, 6) is -0.432. The summed E-state index contributed by atoms with van der Waals surface area (Å²) in [6.45, 7) is 0.597. The first-order chi connectivity index (χ1) is 9.63. The fourth-order valence-electron chi connectivity index (χ4n) is 2.57. The highest BCUT2D eigenvalue weighted by atomic mass is 16.5. The highest BCUT2D eigenvalue weighted by molar-refractivity contribution is 5.85. The largest absolute Gasteiger partial charge is 0.467 e. The first kappa shape index (κ1) is 14.5. The Balaban J connectivity index is 1.99. The molecule has 0 spiro atoms. The van der Waals surface area contributed by atoms with Gasteiger partial charge >= 0.3 is 5.97 Å². The van der Waals surface area contributed by atoms with Crippen LogP contribution in [0.3, 0.4) is 0 Å². The van der Waals surface area contributed by atoms with Crippen LogP contribution in [0.4, 0.5) is 0 Å². The van der Waals surface area contributed by atoms with Crippen LogP contribution in [0.2, 0.25) is 0 Å². The minimum Gasteiger partial charge on any atom is -0.467 e. The van der Waals surface area contributed by atoms with Gasteiger partial charge in [-0.3, -0.25) is 4.79 Å². The maximum atomic E-state index is 12.3. The molecule has 1 aliphatic rings. The molecular formula is C15H20N2O3. The van der Waals surface area contributed by atoms with Crippen molar-refractivity contribution in [1.82, 2.24) is 4.90 Å². The number of likely N-dealkylation sites (tertiary alicyclic amines) is 1. The molecule has 2 atom stereocenters. The Morgan fingerprint density at radius 1 is 1.40 bits per heavy atom. The van der Waals surface area contributed by atoms with E-state index in [0.717, 1.165) is 12.0 Å². The first-order valence-electron chi connectivity index (χ1n) is 6.81. The predicted octanol–water partition coefficient (Wildman–Crippen LogP) is 1.24. The van der Waals surface area contributed by atoms with Crippen LogP contribution < -0.4 is 5.73 Å². The summed E-state index contributed by atoms with van der Waals surface area (Å²) >= 11 is 0. The molecule has 0 aromatic heterocycles. The van der Waals surface area contributed by atoms with Gasteiger partial charge in [-0.25, -0.2) is 4.79 Å². The van der Waals surface area contributed by atoms with Crippen LogP contribution in [0.1, 0.15) is 30.9 Å². The Labute approximate surface area is 118 Å². The summed E-state index contributed by atoms with van der Waals surface area (Å²) in [5, 5.41) is 0. The molecule has 2 N–H and O–H groups in total. The minimum atomic E-state index is -0.449. The lowest BCUT2D eigenvalue weighted by molar-refractivity contribution is -0.151. The Morgan fingerprint density at radius 2 is 2.10 bits per heavy atom. The summed E-state index contributed by atoms with van der Waals surface area (Å²) in [7, 11) is 1.35. The second kappa shape index (κ2) is 6.52. The smallest absolute Gasteiger partial charge is 0.328 e. The topological polar surface area (TPSA) is 72.6 Å². The Kier molecular flexibility index (Phi) is 4.74. The van der Waals surface area contributed by atoms with Crippen molar-refractivity contribution in [2.24, 2.45) is 5.73 Å². The monoisotopic (exact) mass is 276 g/mol. The van der Waals surface area contributed by atoms with Crippen molar-refractivity contribution in [2.75, 3.05) is 13.7 Å². The number of benzene rings is 1. The highest BCUT2D eigenvalue weighted by Gasteiger charge is 2.35. The van der Waals surface area contributed by atoms with E-state index in [9.17, 15) is 9.59 Å². The standard InChI is InChI=1S/C15H20N2O3/c1-20-15(19)13-8-5-9-17(13)14(18)10-12(16)11-6-3-2-4-7-11/h2-4,6-7,12-13H,5,8-10,16H2,1H3. The number of carbonyl (C=O) groups excluding carboxylic acids is 2. The van der Waals surface area contributed by atoms with E-state index in [0.29, 0.717) is 13.0 Å². The van der Waals surface area contributed by atoms with Crippen molar-refractivity contribution in [3.8, 4) is 0 Å². The van der Waals surface area contributed by atoms with Crippen molar-refractivity contribution in [3.63, 3.8) is 0 Å². The zero-order chi connectivity index (χ0) is 14.5. The quantitative estimate of drug-likeness (QED) is 0.840. The lowest BCUT2D eigenvalue weighted by Gasteiger charge is -2.24. The molecule has 0 bridgehead atoms. The van der Waals surface area contributed by atoms with Crippen molar-refractivity contribution in [1.29, 1.82) is 0 Å². The van der Waals surface area contributed by atoms with E-state index >= 15 is 0 Å². The molecule has 20 heavy (non-hydrogen) atoms. The number of rotatable bonds is 4. The van der Waals surface area contributed by atoms with Gasteiger partial charge in [0.2, 0.25) is 5.91 Å². The Bertz CT molecular complexity index is 475. The van der Waals surface area contributed by atoms with Crippen LogP contribution in [0.15, 0.2) is 30.3 Å². The van der Waals surface area contributed by atoms with E-state index in [4.69, 9.17) is 10.5 Å². The molecule has 2 unspecified atom stereocenters. The number of carbonyl (C=O) groups is 2. The third-order valence-electron chi connectivity index (χ3n) is 3.67. The van der Waals surface area contributed by atoms with Gasteiger partial charge in [-0.2, -0.15) is 0 Å². The number of nitrogens with zero attached hydrogens (tertiary/aromatic N) is 1. The molecule has 0 radical (unpaired) electrons. The molecule has 1 amide bonds. The number of hydrogen-bond donors (Lipinski definition) is 1. The molecule has 1 fully saturated rings. The predicted molar refractivity (Wildman–Crippen MR) is 74.7 cm³/mol. The normalized spacial score (nSPS) is 19.7. The summed E-state index contributed by atoms with van der Waals surface area (Å²) in [6.07, 6.45) is 1.70. The van der Waals surface area contributed by atoms with Crippen LogP contribution in [0, 0.1) is 0 Å². The average Bonchev–Trinajstić information content (AvgIpc) is 2.96. The van der Waals surface area contributed by atoms with E-state index < -0.39 is 6.04 Å². The molecule has 0 saturated carbocycles. The van der Waals surface area contributed by atoms with Crippen LogP contribution in [0.5, 0.6) is 0 Å². The zero-order valence-electron chi connectivity index (χ0n) is 11.6. The summed E-state index contributed by atoms with van der Waals surface area (Å²) in [5.41, 5.74) is 6.98. The second-order valence-corrected chi connectivity index (χ2v) is 4.99. The molecule has 5 heteroatoms. The van der Waals surface area contributed by atoms with Crippen LogP contribution in [0.25, 0.3) is 0 Å². The maximum absolute atomic E-state index is 12.3. The van der Waals surface area contributed by atoms with Gasteiger partial charge in [-0.05, 0) is 18.4 Å². The van der Waals surface area contributed by atoms with Crippen LogP contribution in [-0.4, -0.2) is 36.5 Å².